The molecular formula is C8H10FNO3. The van der Waals surface area contributed by atoms with E-state index < -0.39 is 5.82 Å². The molecule has 0 atom stereocenters. The van der Waals surface area contributed by atoms with Crippen LogP contribution >= 0.6 is 0 Å². The maximum atomic E-state index is 13.0. The monoisotopic (exact) mass is 187 g/mol. The smallest absolute Gasteiger partial charge is 0.166 e. The van der Waals surface area contributed by atoms with Crippen LogP contribution in [0.1, 0.15) is 5.56 Å². The fourth-order valence-corrected chi connectivity index (χ4v) is 0.976. The Balaban J connectivity index is 3.13. The second kappa shape index (κ2) is 4.06. The Morgan fingerprint density at radius 1 is 1.54 bits per heavy atom. The summed E-state index contributed by atoms with van der Waals surface area (Å²) < 4.78 is 17.8. The van der Waals surface area contributed by atoms with Gasteiger partial charge in [0, 0.05) is 0 Å². The molecule has 0 spiro atoms. The molecule has 13 heavy (non-hydrogen) atoms. The molecule has 3 N–H and O–H groups in total. The minimum Gasteiger partial charge on any atom is -0.504 e. The van der Waals surface area contributed by atoms with Gasteiger partial charge < -0.3 is 9.84 Å². The molecule has 1 rings (SSSR count). The molecule has 0 aliphatic carbocycles. The standard InChI is InChI=1S/C8H10FNO3/c1-12-7-3-2-6(9)5(4-13-10)8(7)11/h2-3,11H,4,10H2,1H3. The summed E-state index contributed by atoms with van der Waals surface area (Å²) in [6.45, 7) is -0.200. The first kappa shape index (κ1) is 9.76. The Morgan fingerprint density at radius 2 is 2.23 bits per heavy atom. The molecule has 0 heterocycles. The van der Waals surface area contributed by atoms with Gasteiger partial charge in [-0.15, -0.1) is 0 Å². The van der Waals surface area contributed by atoms with Gasteiger partial charge >= 0.3 is 0 Å². The number of ether oxygens (including phenoxy) is 1. The Bertz CT molecular complexity index is 304. The quantitative estimate of drug-likeness (QED) is 0.691. The van der Waals surface area contributed by atoms with Crippen LogP contribution in [-0.2, 0) is 11.4 Å². The van der Waals surface area contributed by atoms with Crippen LogP contribution in [0.15, 0.2) is 12.1 Å². The minimum atomic E-state index is -0.580. The van der Waals surface area contributed by atoms with E-state index in [4.69, 9.17) is 10.6 Å². The fourth-order valence-electron chi connectivity index (χ4n) is 0.976. The zero-order valence-electron chi connectivity index (χ0n) is 7.08. The second-order valence-corrected chi connectivity index (χ2v) is 2.39. The average molecular weight is 187 g/mol. The van der Waals surface area contributed by atoms with Crippen molar-refractivity contribution in [2.45, 2.75) is 6.61 Å². The van der Waals surface area contributed by atoms with E-state index in [0.717, 1.165) is 0 Å². The Morgan fingerprint density at radius 3 is 2.77 bits per heavy atom. The van der Waals surface area contributed by atoms with E-state index in [9.17, 15) is 9.50 Å². The lowest BCUT2D eigenvalue weighted by molar-refractivity contribution is 0.119. The van der Waals surface area contributed by atoms with Crippen molar-refractivity contribution in [2.75, 3.05) is 7.11 Å². The molecule has 1 aromatic carbocycles. The van der Waals surface area contributed by atoms with Crippen molar-refractivity contribution in [1.82, 2.24) is 0 Å². The largest absolute Gasteiger partial charge is 0.504 e. The van der Waals surface area contributed by atoms with Crippen molar-refractivity contribution in [3.63, 3.8) is 0 Å². The van der Waals surface area contributed by atoms with Gasteiger partial charge in [-0.2, -0.15) is 0 Å². The summed E-state index contributed by atoms with van der Waals surface area (Å²) in [6.07, 6.45) is 0. The molecule has 0 aliphatic rings. The van der Waals surface area contributed by atoms with Gasteiger partial charge in [0.1, 0.15) is 5.82 Å². The molecule has 0 radical (unpaired) electrons. The van der Waals surface area contributed by atoms with Crippen LogP contribution in [0.2, 0.25) is 0 Å². The molecule has 1 aromatic rings. The van der Waals surface area contributed by atoms with Crippen molar-refractivity contribution < 1.29 is 19.1 Å². The number of phenolic OH excluding ortho intramolecular Hbond substituents is 1. The molecule has 0 fully saturated rings. The number of rotatable bonds is 3. The topological polar surface area (TPSA) is 64.7 Å². The Kier molecular flexibility index (Phi) is 3.05. The molecule has 0 amide bonds. The van der Waals surface area contributed by atoms with Gasteiger partial charge in [-0.25, -0.2) is 10.3 Å². The zero-order valence-corrected chi connectivity index (χ0v) is 7.08. The first-order valence-electron chi connectivity index (χ1n) is 3.56. The van der Waals surface area contributed by atoms with E-state index >= 15 is 0 Å². The van der Waals surface area contributed by atoms with Crippen LogP contribution in [0, 0.1) is 5.82 Å². The number of aromatic hydroxyl groups is 1. The lowest BCUT2D eigenvalue weighted by Crippen LogP contribution is -2.02. The number of phenols is 1. The van der Waals surface area contributed by atoms with Crippen molar-refractivity contribution in [3.05, 3.63) is 23.5 Å². The highest BCUT2D eigenvalue weighted by molar-refractivity contribution is 5.45. The molecule has 0 bridgehead atoms. The van der Waals surface area contributed by atoms with Crippen LogP contribution < -0.4 is 10.6 Å². The number of benzene rings is 1. The van der Waals surface area contributed by atoms with Crippen molar-refractivity contribution >= 4 is 0 Å². The first-order chi connectivity index (χ1) is 6.20. The summed E-state index contributed by atoms with van der Waals surface area (Å²) in [5, 5.41) is 9.40. The van der Waals surface area contributed by atoms with Crippen molar-refractivity contribution in [3.8, 4) is 11.5 Å². The number of hydrogen-bond donors (Lipinski definition) is 2. The molecule has 0 saturated heterocycles. The molecular weight excluding hydrogens is 177 g/mol. The average Bonchev–Trinajstić information content (AvgIpc) is 2.12. The number of nitrogens with two attached hydrogens (primary N) is 1. The summed E-state index contributed by atoms with van der Waals surface area (Å²) in [5.41, 5.74) is -0.0122. The third-order valence-electron chi connectivity index (χ3n) is 1.64. The van der Waals surface area contributed by atoms with E-state index in [1.165, 1.54) is 19.2 Å². The highest BCUT2D eigenvalue weighted by Crippen LogP contribution is 2.31. The lowest BCUT2D eigenvalue weighted by atomic mass is 10.2. The molecule has 5 heteroatoms. The Hall–Kier alpha value is -1.33. The summed E-state index contributed by atoms with van der Waals surface area (Å²) in [7, 11) is 1.38. The molecule has 0 aromatic heterocycles. The van der Waals surface area contributed by atoms with E-state index in [1.807, 2.05) is 0 Å². The van der Waals surface area contributed by atoms with Gasteiger partial charge in [0.2, 0.25) is 0 Å². The second-order valence-electron chi connectivity index (χ2n) is 2.39. The first-order valence-corrected chi connectivity index (χ1v) is 3.56. The zero-order chi connectivity index (χ0) is 9.84. The van der Waals surface area contributed by atoms with Gasteiger partial charge in [-0.05, 0) is 12.1 Å². The molecule has 0 saturated carbocycles. The normalized spacial score (nSPS) is 10.1. The van der Waals surface area contributed by atoms with Crippen LogP contribution in [0.25, 0.3) is 0 Å². The predicted octanol–water partition coefficient (Wildman–Crippen LogP) is 0.930. The highest BCUT2D eigenvalue weighted by atomic mass is 19.1. The van der Waals surface area contributed by atoms with Crippen molar-refractivity contribution in [2.24, 2.45) is 5.90 Å². The SMILES string of the molecule is COc1ccc(F)c(CON)c1O. The van der Waals surface area contributed by atoms with Crippen molar-refractivity contribution in [1.29, 1.82) is 0 Å². The van der Waals surface area contributed by atoms with Crippen LogP contribution in [-0.4, -0.2) is 12.2 Å². The molecule has 0 aliphatic heterocycles. The van der Waals surface area contributed by atoms with E-state index in [2.05, 4.69) is 4.84 Å². The van der Waals surface area contributed by atoms with Crippen LogP contribution in [0.5, 0.6) is 11.5 Å². The number of methoxy groups -OCH3 is 1. The van der Waals surface area contributed by atoms with Gasteiger partial charge in [-0.3, -0.25) is 4.84 Å². The summed E-state index contributed by atoms with van der Waals surface area (Å²) in [5.74, 6) is 4.10. The summed E-state index contributed by atoms with van der Waals surface area (Å²) in [6, 6.07) is 2.50. The fraction of sp³-hybridized carbons (Fsp3) is 0.250. The van der Waals surface area contributed by atoms with Crippen LogP contribution in [0.3, 0.4) is 0 Å². The maximum Gasteiger partial charge on any atom is 0.166 e. The van der Waals surface area contributed by atoms with E-state index in [-0.39, 0.29) is 23.7 Å². The molecule has 4 nitrogen and oxygen atoms in total. The number of halogens is 1. The minimum absolute atomic E-state index is 0.0122. The van der Waals surface area contributed by atoms with Gasteiger partial charge in [-0.1, -0.05) is 0 Å². The third kappa shape index (κ3) is 1.88. The highest BCUT2D eigenvalue weighted by Gasteiger charge is 2.12. The molecule has 72 valence electrons. The summed E-state index contributed by atoms with van der Waals surface area (Å²) in [4.78, 5) is 4.23. The lowest BCUT2D eigenvalue weighted by Gasteiger charge is -2.08. The summed E-state index contributed by atoms with van der Waals surface area (Å²) >= 11 is 0. The molecule has 0 unspecified atom stereocenters. The third-order valence-corrected chi connectivity index (χ3v) is 1.64. The number of hydrogen-bond acceptors (Lipinski definition) is 4. The Labute approximate surface area is 74.6 Å². The van der Waals surface area contributed by atoms with E-state index in [0.29, 0.717) is 0 Å². The predicted molar refractivity (Wildman–Crippen MR) is 43.6 cm³/mol. The maximum absolute atomic E-state index is 13.0. The van der Waals surface area contributed by atoms with E-state index in [1.54, 1.807) is 0 Å². The van der Waals surface area contributed by atoms with Gasteiger partial charge in [0.05, 0.1) is 19.3 Å². The van der Waals surface area contributed by atoms with Gasteiger partial charge in [0.25, 0.3) is 0 Å². The van der Waals surface area contributed by atoms with Crippen LogP contribution in [0.4, 0.5) is 4.39 Å². The van der Waals surface area contributed by atoms with Gasteiger partial charge in [0.15, 0.2) is 11.5 Å².